The Morgan fingerprint density at radius 3 is 2.39 bits per heavy atom. The van der Waals surface area contributed by atoms with Gasteiger partial charge in [0, 0.05) is 11.8 Å². The second-order valence-corrected chi connectivity index (χ2v) is 12.7. The number of aliphatic hydroxyl groups is 2. The number of aliphatic hydroxyl groups excluding tert-OH is 1. The van der Waals surface area contributed by atoms with Gasteiger partial charge in [0.2, 0.25) is 0 Å². The van der Waals surface area contributed by atoms with Gasteiger partial charge in [-0.15, -0.1) is 0 Å². The summed E-state index contributed by atoms with van der Waals surface area (Å²) in [5.74, 6) is -2.43. The fourth-order valence-electron chi connectivity index (χ4n) is 7.17. The van der Waals surface area contributed by atoms with Crippen LogP contribution in [0.5, 0.6) is 5.75 Å². The van der Waals surface area contributed by atoms with Gasteiger partial charge in [0.05, 0.1) is 36.1 Å². The Labute approximate surface area is 245 Å². The molecule has 0 unspecified atom stereocenters. The first-order valence-corrected chi connectivity index (χ1v) is 15.5. The number of ether oxygens (including phenoxy) is 2. The molecule has 0 spiro atoms. The highest BCUT2D eigenvalue weighted by molar-refractivity contribution is 5.93. The number of Topliss-reactive ketones (excluding diaryl/α,β-unsaturated/α-hetero) is 1. The Hall–Kier alpha value is -2.00. The van der Waals surface area contributed by atoms with Crippen LogP contribution in [0.15, 0.2) is 12.1 Å². The summed E-state index contributed by atoms with van der Waals surface area (Å²) in [6, 6.07) is 3.40. The summed E-state index contributed by atoms with van der Waals surface area (Å²) in [5.41, 5.74) is -0.390. The van der Waals surface area contributed by atoms with Gasteiger partial charge in [-0.05, 0) is 88.2 Å². The molecule has 8 heteroatoms. The monoisotopic (exact) mass is 576 g/mol. The molecule has 8 nitrogen and oxygen atoms in total. The van der Waals surface area contributed by atoms with Crippen LogP contribution in [0, 0.1) is 30.6 Å². The molecule has 2 fully saturated rings. The molecular weight excluding hydrogens is 524 g/mol. The van der Waals surface area contributed by atoms with Crippen molar-refractivity contribution in [2.24, 2.45) is 23.7 Å². The molecule has 0 saturated carbocycles. The molecule has 0 radical (unpaired) electrons. The van der Waals surface area contributed by atoms with Gasteiger partial charge in [-0.1, -0.05) is 46.8 Å². The zero-order valence-corrected chi connectivity index (χ0v) is 26.0. The summed E-state index contributed by atoms with van der Waals surface area (Å²) in [7, 11) is 0. The number of carbonyl (C=O) groups excluding carboxylic acids is 1. The lowest BCUT2D eigenvalue weighted by Crippen LogP contribution is -2.55. The number of hydrogen-bond acceptors (Lipinski definition) is 7. The van der Waals surface area contributed by atoms with Gasteiger partial charge < -0.3 is 29.9 Å². The number of aromatic hydroxyl groups is 1. The largest absolute Gasteiger partial charge is 0.507 e. The number of carboxylic acid groups (broad SMARTS) is 1. The fourth-order valence-corrected chi connectivity index (χ4v) is 7.17. The molecular formula is C33H52O8. The number of phenols is 1. The number of aryl methyl sites for hydroxylation is 2. The van der Waals surface area contributed by atoms with Crippen molar-refractivity contribution in [2.45, 2.75) is 129 Å². The fraction of sp³-hybridized carbons (Fsp3) is 0.758. The Morgan fingerprint density at radius 1 is 1.15 bits per heavy atom. The van der Waals surface area contributed by atoms with Gasteiger partial charge in [0.25, 0.3) is 0 Å². The molecule has 0 aliphatic carbocycles. The van der Waals surface area contributed by atoms with Crippen molar-refractivity contribution in [1.82, 2.24) is 0 Å². The zero-order valence-electron chi connectivity index (χ0n) is 26.0. The summed E-state index contributed by atoms with van der Waals surface area (Å²) in [6.45, 7) is 13.8. The number of rotatable bonds is 13. The summed E-state index contributed by atoms with van der Waals surface area (Å²) in [4.78, 5) is 25.5. The highest BCUT2D eigenvalue weighted by atomic mass is 16.6. The average molecular weight is 577 g/mol. The number of carboxylic acids is 1. The van der Waals surface area contributed by atoms with E-state index < -0.39 is 29.2 Å². The maximum Gasteiger partial charge on any atom is 0.339 e. The molecule has 41 heavy (non-hydrogen) atoms. The normalized spacial score (nSPS) is 31.4. The number of carbonyl (C=O) groups is 2. The van der Waals surface area contributed by atoms with E-state index in [0.717, 1.165) is 12.8 Å². The van der Waals surface area contributed by atoms with Crippen LogP contribution >= 0.6 is 0 Å². The van der Waals surface area contributed by atoms with Gasteiger partial charge in [0.1, 0.15) is 17.1 Å². The predicted molar refractivity (Wildman–Crippen MR) is 157 cm³/mol. The van der Waals surface area contributed by atoms with E-state index >= 15 is 0 Å². The van der Waals surface area contributed by atoms with Crippen molar-refractivity contribution >= 4 is 11.8 Å². The Morgan fingerprint density at radius 2 is 1.83 bits per heavy atom. The van der Waals surface area contributed by atoms with Crippen LogP contribution in [0.4, 0.5) is 0 Å². The lowest BCUT2D eigenvalue weighted by Gasteiger charge is -2.47. The molecule has 1 aromatic rings. The van der Waals surface area contributed by atoms with E-state index in [0.29, 0.717) is 56.3 Å². The summed E-state index contributed by atoms with van der Waals surface area (Å²) in [5, 5.41) is 41.9. The van der Waals surface area contributed by atoms with E-state index in [-0.39, 0.29) is 47.1 Å². The van der Waals surface area contributed by atoms with E-state index in [1.165, 1.54) is 0 Å². The maximum absolute atomic E-state index is 13.8. The van der Waals surface area contributed by atoms with Gasteiger partial charge in [-0.25, -0.2) is 4.79 Å². The van der Waals surface area contributed by atoms with E-state index in [1.807, 2.05) is 27.7 Å². The smallest absolute Gasteiger partial charge is 0.339 e. The molecule has 2 aliphatic rings. The minimum atomic E-state index is -1.18. The first-order valence-electron chi connectivity index (χ1n) is 15.5. The molecule has 2 aliphatic heterocycles. The van der Waals surface area contributed by atoms with Gasteiger partial charge >= 0.3 is 5.97 Å². The van der Waals surface area contributed by atoms with E-state index in [2.05, 4.69) is 6.92 Å². The molecule has 9 atom stereocenters. The van der Waals surface area contributed by atoms with Crippen LogP contribution in [0.2, 0.25) is 0 Å². The third kappa shape index (κ3) is 6.82. The molecule has 3 rings (SSSR count). The van der Waals surface area contributed by atoms with Gasteiger partial charge in [-0.3, -0.25) is 4.79 Å². The molecule has 0 amide bonds. The van der Waals surface area contributed by atoms with Crippen LogP contribution < -0.4 is 0 Å². The van der Waals surface area contributed by atoms with Crippen molar-refractivity contribution in [3.05, 3.63) is 28.8 Å². The van der Waals surface area contributed by atoms with E-state index in [1.54, 1.807) is 26.0 Å². The number of ketones is 1. The molecule has 232 valence electrons. The molecule has 2 saturated heterocycles. The van der Waals surface area contributed by atoms with Crippen molar-refractivity contribution < 1.29 is 39.5 Å². The van der Waals surface area contributed by atoms with Gasteiger partial charge in [0.15, 0.2) is 0 Å². The van der Waals surface area contributed by atoms with E-state index in [9.17, 15) is 30.0 Å². The first kappa shape index (κ1) is 33.5. The molecule has 4 N–H and O–H groups in total. The summed E-state index contributed by atoms with van der Waals surface area (Å²) in [6.07, 6.45) is 3.70. The topological polar surface area (TPSA) is 134 Å². The highest BCUT2D eigenvalue weighted by Gasteiger charge is 2.53. The minimum Gasteiger partial charge on any atom is -0.507 e. The predicted octanol–water partition coefficient (Wildman–Crippen LogP) is 5.45. The number of benzene rings is 1. The third-order valence-corrected chi connectivity index (χ3v) is 10.4. The lowest BCUT2D eigenvalue weighted by atomic mass is 9.73. The van der Waals surface area contributed by atoms with Crippen LogP contribution in [0.25, 0.3) is 0 Å². The Balaban J connectivity index is 1.65. The van der Waals surface area contributed by atoms with Crippen molar-refractivity contribution in [1.29, 1.82) is 0 Å². The molecule has 2 heterocycles. The summed E-state index contributed by atoms with van der Waals surface area (Å²) >= 11 is 0. The minimum absolute atomic E-state index is 0.0250. The Kier molecular flexibility index (Phi) is 11.1. The third-order valence-electron chi connectivity index (χ3n) is 10.4. The lowest BCUT2D eigenvalue weighted by molar-refractivity contribution is -0.220. The standard InChI is InChI=1S/C33H52O8/c1-8-25(24-17-33(10-3,40-18-24)26-15-16-32(39,9-2)22(7)41-26)30(36)21(6)28(34)19(4)11-13-23-14-12-20(5)29(35)27(23)31(37)38/h12,14,19,21-22,24-26,28,34-35,39H,8-11,13,15-18H2,1-7H3,(H,37,38)/t19-,21+,22+,24-,25-,26-,28+,32-,33+/m1/s1. The van der Waals surface area contributed by atoms with Crippen LogP contribution in [0.3, 0.4) is 0 Å². The highest BCUT2D eigenvalue weighted by Crippen LogP contribution is 2.46. The number of hydrogen-bond donors (Lipinski definition) is 4. The quantitative estimate of drug-likeness (QED) is 0.244. The van der Waals surface area contributed by atoms with Crippen LogP contribution in [0.1, 0.15) is 108 Å². The SMILES string of the molecule is CC[C@@H](C(=O)[C@@H](C)[C@@H](O)[C@H](C)CCc1ccc(C)c(O)c1C(=O)O)[C@H]1CO[C@](CC)([C@H]2CC[C@](O)(CC)[C@H](C)O2)C1. The molecule has 0 bridgehead atoms. The van der Waals surface area contributed by atoms with Crippen molar-refractivity contribution in [3.63, 3.8) is 0 Å². The summed E-state index contributed by atoms with van der Waals surface area (Å²) < 4.78 is 12.8. The first-order chi connectivity index (χ1) is 19.2. The maximum atomic E-state index is 13.8. The average Bonchev–Trinajstić information content (AvgIpc) is 3.39. The molecule has 0 aromatic heterocycles. The van der Waals surface area contributed by atoms with Crippen LogP contribution in [-0.4, -0.2) is 68.3 Å². The number of aromatic carboxylic acids is 1. The van der Waals surface area contributed by atoms with Crippen LogP contribution in [-0.2, 0) is 20.7 Å². The second-order valence-electron chi connectivity index (χ2n) is 12.7. The van der Waals surface area contributed by atoms with Crippen molar-refractivity contribution in [2.75, 3.05) is 6.61 Å². The second kappa shape index (κ2) is 13.5. The van der Waals surface area contributed by atoms with Crippen molar-refractivity contribution in [3.8, 4) is 5.75 Å². The Bertz CT molecular complexity index is 1070. The van der Waals surface area contributed by atoms with E-state index in [4.69, 9.17) is 9.47 Å². The molecule has 1 aromatic carbocycles. The van der Waals surface area contributed by atoms with Gasteiger partial charge in [-0.2, -0.15) is 0 Å². The zero-order chi connectivity index (χ0) is 30.7.